The molecule has 0 amide bonds. The van der Waals surface area contributed by atoms with Crippen molar-refractivity contribution in [1.29, 1.82) is 0 Å². The molecule has 1 aliphatic carbocycles. The fourth-order valence-electron chi connectivity index (χ4n) is 3.86. The van der Waals surface area contributed by atoms with Crippen molar-refractivity contribution < 1.29 is 9.15 Å². The maximum absolute atomic E-state index is 6.35. The minimum atomic E-state index is 0.392. The number of hydrogen-bond acceptors (Lipinski definition) is 6. The first-order valence-electron chi connectivity index (χ1n) is 12.5. The van der Waals surface area contributed by atoms with Crippen molar-refractivity contribution in [3.8, 4) is 11.5 Å². The predicted octanol–water partition coefficient (Wildman–Crippen LogP) is 8.24. The van der Waals surface area contributed by atoms with Crippen molar-refractivity contribution >= 4 is 23.5 Å². The lowest BCUT2D eigenvalue weighted by molar-refractivity contribution is 0.150. The highest BCUT2D eigenvalue weighted by atomic mass is 32.2. The molecule has 1 fully saturated rings. The second-order valence-corrected chi connectivity index (χ2v) is 9.89. The van der Waals surface area contributed by atoms with E-state index in [-0.39, 0.29) is 0 Å². The van der Waals surface area contributed by atoms with E-state index in [0.717, 1.165) is 34.9 Å². The monoisotopic (exact) mass is 477 g/mol. The van der Waals surface area contributed by atoms with Crippen LogP contribution in [-0.2, 0) is 4.74 Å². The zero-order chi connectivity index (χ0) is 23.6. The van der Waals surface area contributed by atoms with Crippen LogP contribution in [0.4, 0.5) is 11.7 Å². The summed E-state index contributed by atoms with van der Waals surface area (Å²) in [7, 11) is 0. The molecule has 34 heavy (non-hydrogen) atoms. The number of allylic oxidation sites excluding steroid dienone is 2. The fourth-order valence-corrected chi connectivity index (χ4v) is 4.85. The van der Waals surface area contributed by atoms with Gasteiger partial charge in [-0.05, 0) is 55.0 Å². The highest BCUT2D eigenvalue weighted by Gasteiger charge is 2.20. The lowest BCUT2D eigenvalue weighted by Gasteiger charge is -2.17. The van der Waals surface area contributed by atoms with Gasteiger partial charge >= 0.3 is 6.01 Å². The number of benzene rings is 2. The van der Waals surface area contributed by atoms with E-state index in [9.17, 15) is 0 Å². The number of aromatic nitrogens is 2. The van der Waals surface area contributed by atoms with Crippen LogP contribution in [0.3, 0.4) is 0 Å². The Bertz CT molecular complexity index is 1060. The molecule has 0 spiro atoms. The first kappa shape index (κ1) is 24.4. The standard InChI is InChI=1S/C28H35N3O2S/c1-3-5-11-21(4-2)20-32-25(22-16-17-22)18-19-34-26-15-10-9-14-24(26)27-30-31-28(33-27)29-23-12-7-6-8-13-23/h6-10,12-15,21H,3-5,11,16-20H2,1-2H3,(H,29,31). The summed E-state index contributed by atoms with van der Waals surface area (Å²) >= 11 is 1.82. The molecule has 6 heteroatoms. The van der Waals surface area contributed by atoms with Gasteiger partial charge in [0.25, 0.3) is 5.89 Å². The molecule has 1 aliphatic rings. The molecular weight excluding hydrogens is 442 g/mol. The minimum Gasteiger partial charge on any atom is -0.498 e. The van der Waals surface area contributed by atoms with Crippen molar-refractivity contribution in [2.24, 2.45) is 5.92 Å². The number of nitrogens with one attached hydrogen (secondary N) is 1. The van der Waals surface area contributed by atoms with Gasteiger partial charge < -0.3 is 14.5 Å². The number of hydrogen-bond donors (Lipinski definition) is 1. The molecule has 1 N–H and O–H groups in total. The third-order valence-electron chi connectivity index (χ3n) is 6.09. The quantitative estimate of drug-likeness (QED) is 0.186. The van der Waals surface area contributed by atoms with Crippen molar-refractivity contribution in [2.75, 3.05) is 17.7 Å². The molecule has 180 valence electrons. The summed E-state index contributed by atoms with van der Waals surface area (Å²) in [6, 6.07) is 18.5. The van der Waals surface area contributed by atoms with Gasteiger partial charge in [0.1, 0.15) is 0 Å². The van der Waals surface area contributed by atoms with E-state index in [1.165, 1.54) is 49.9 Å². The smallest absolute Gasteiger partial charge is 0.320 e. The Morgan fingerprint density at radius 1 is 1.06 bits per heavy atom. The van der Waals surface area contributed by atoms with Crippen LogP contribution in [0.25, 0.3) is 11.5 Å². The molecule has 1 atom stereocenters. The van der Waals surface area contributed by atoms with E-state index < -0.39 is 0 Å². The number of ether oxygens (including phenoxy) is 1. The number of nitrogens with zero attached hydrogens (tertiary/aromatic N) is 2. The maximum Gasteiger partial charge on any atom is 0.320 e. The number of para-hydroxylation sites is 1. The second kappa shape index (κ2) is 12.7. The van der Waals surface area contributed by atoms with E-state index in [1.54, 1.807) is 0 Å². The summed E-state index contributed by atoms with van der Waals surface area (Å²) in [4.78, 5) is 1.15. The second-order valence-electron chi connectivity index (χ2n) is 8.75. The van der Waals surface area contributed by atoms with Gasteiger partial charge in [-0.2, -0.15) is 0 Å². The molecule has 1 aromatic heterocycles. The largest absolute Gasteiger partial charge is 0.498 e. The number of thioether (sulfide) groups is 1. The van der Waals surface area contributed by atoms with Crippen molar-refractivity contribution in [1.82, 2.24) is 10.2 Å². The molecule has 4 rings (SSSR count). The fraction of sp³-hybridized carbons (Fsp3) is 0.429. The van der Waals surface area contributed by atoms with Crippen LogP contribution in [0, 0.1) is 5.92 Å². The van der Waals surface area contributed by atoms with Crippen molar-refractivity contribution in [2.45, 2.75) is 63.7 Å². The molecule has 1 heterocycles. The van der Waals surface area contributed by atoms with Gasteiger partial charge in [0, 0.05) is 22.8 Å². The van der Waals surface area contributed by atoms with E-state index in [2.05, 4.69) is 41.5 Å². The van der Waals surface area contributed by atoms with Gasteiger partial charge in [-0.15, -0.1) is 16.9 Å². The molecule has 0 radical (unpaired) electrons. The zero-order valence-corrected chi connectivity index (χ0v) is 21.1. The van der Waals surface area contributed by atoms with E-state index >= 15 is 0 Å². The first-order valence-corrected chi connectivity index (χ1v) is 13.5. The summed E-state index contributed by atoms with van der Waals surface area (Å²) in [5.74, 6) is 3.39. The Kier molecular flexibility index (Phi) is 9.08. The lowest BCUT2D eigenvalue weighted by atomic mass is 10.0. The van der Waals surface area contributed by atoms with Gasteiger partial charge in [-0.25, -0.2) is 0 Å². The first-order chi connectivity index (χ1) is 16.8. The number of rotatable bonds is 14. The van der Waals surface area contributed by atoms with Gasteiger partial charge in [0.05, 0.1) is 17.9 Å². The summed E-state index contributed by atoms with van der Waals surface area (Å²) < 4.78 is 12.3. The van der Waals surface area contributed by atoms with Crippen LogP contribution in [0.5, 0.6) is 0 Å². The van der Waals surface area contributed by atoms with Crippen LogP contribution in [-0.4, -0.2) is 22.6 Å². The highest BCUT2D eigenvalue weighted by Crippen LogP contribution is 2.37. The van der Waals surface area contributed by atoms with Gasteiger partial charge in [0.2, 0.25) is 0 Å². The molecule has 1 saturated carbocycles. The van der Waals surface area contributed by atoms with Gasteiger partial charge in [-0.3, -0.25) is 0 Å². The lowest BCUT2D eigenvalue weighted by Crippen LogP contribution is -2.09. The van der Waals surface area contributed by atoms with Crippen molar-refractivity contribution in [3.63, 3.8) is 0 Å². The summed E-state index contributed by atoms with van der Waals surface area (Å²) in [6.07, 6.45) is 8.36. The molecule has 5 nitrogen and oxygen atoms in total. The minimum absolute atomic E-state index is 0.392. The Morgan fingerprint density at radius 3 is 2.62 bits per heavy atom. The number of unbranched alkanes of at least 4 members (excludes halogenated alkanes) is 1. The summed E-state index contributed by atoms with van der Waals surface area (Å²) in [6.45, 7) is 5.39. The van der Waals surface area contributed by atoms with Crippen molar-refractivity contribution in [3.05, 3.63) is 65.9 Å². The molecule has 0 bridgehead atoms. The highest BCUT2D eigenvalue weighted by molar-refractivity contribution is 7.99. The van der Waals surface area contributed by atoms with Gasteiger partial charge in [0.15, 0.2) is 0 Å². The van der Waals surface area contributed by atoms with Crippen LogP contribution >= 0.6 is 11.8 Å². The van der Waals surface area contributed by atoms with Crippen LogP contribution in [0.1, 0.15) is 58.8 Å². The van der Waals surface area contributed by atoms with E-state index in [0.29, 0.717) is 17.8 Å². The average molecular weight is 478 g/mol. The normalized spacial score (nSPS) is 13.5. The summed E-state index contributed by atoms with van der Waals surface area (Å²) in [5, 5.41) is 11.6. The third-order valence-corrected chi connectivity index (χ3v) is 7.16. The van der Waals surface area contributed by atoms with E-state index in [4.69, 9.17) is 9.15 Å². The molecule has 1 unspecified atom stereocenters. The average Bonchev–Trinajstić information content (AvgIpc) is 3.62. The Balaban J connectivity index is 1.34. The maximum atomic E-state index is 6.35. The molecule has 0 saturated heterocycles. The van der Waals surface area contributed by atoms with E-state index in [1.807, 2.05) is 54.2 Å². The molecular formula is C28H35N3O2S. The Hall–Kier alpha value is -2.73. The Labute approximate surface area is 207 Å². The van der Waals surface area contributed by atoms with Crippen LogP contribution in [0.15, 0.2) is 75.2 Å². The SMILES string of the molecule is CCCCC(CC)COC(CCSc1ccccc1-c1nnc(Nc2ccccc2)o1)=C1CC1. The third kappa shape index (κ3) is 7.13. The number of anilines is 2. The zero-order valence-electron chi connectivity index (χ0n) is 20.3. The summed E-state index contributed by atoms with van der Waals surface area (Å²) in [5.41, 5.74) is 3.39. The van der Waals surface area contributed by atoms with Crippen LogP contribution in [0.2, 0.25) is 0 Å². The topological polar surface area (TPSA) is 60.2 Å². The predicted molar refractivity (Wildman–Crippen MR) is 140 cm³/mol. The molecule has 3 aromatic rings. The molecule has 2 aromatic carbocycles. The van der Waals surface area contributed by atoms with Gasteiger partial charge in [-0.1, -0.05) is 68.5 Å². The Morgan fingerprint density at radius 2 is 1.85 bits per heavy atom. The van der Waals surface area contributed by atoms with Crippen LogP contribution < -0.4 is 5.32 Å². The molecule has 0 aliphatic heterocycles.